The summed E-state index contributed by atoms with van der Waals surface area (Å²) >= 11 is 0. The molecule has 0 bridgehead atoms. The first-order chi connectivity index (χ1) is 9.76. The summed E-state index contributed by atoms with van der Waals surface area (Å²) < 4.78 is 10.5. The van der Waals surface area contributed by atoms with Crippen LogP contribution in [0.4, 0.5) is 0 Å². The number of likely N-dealkylation sites (tertiary alicyclic amines) is 1. The van der Waals surface area contributed by atoms with E-state index in [-0.39, 0.29) is 18.6 Å². The molecule has 1 aliphatic heterocycles. The van der Waals surface area contributed by atoms with Gasteiger partial charge in [-0.25, -0.2) is 4.79 Å². The van der Waals surface area contributed by atoms with Gasteiger partial charge in [0.05, 0.1) is 26.0 Å². The molecule has 1 N–H and O–H groups in total. The molecule has 20 heavy (non-hydrogen) atoms. The summed E-state index contributed by atoms with van der Waals surface area (Å²) in [7, 11) is 0. The molecule has 1 aromatic heterocycles. The van der Waals surface area contributed by atoms with E-state index >= 15 is 0 Å². The zero-order valence-corrected chi connectivity index (χ0v) is 12.0. The number of carbonyl (C=O) groups excluding carboxylic acids is 1. The Labute approximate surface area is 119 Å². The molecule has 0 amide bonds. The van der Waals surface area contributed by atoms with Crippen LogP contribution in [0.2, 0.25) is 0 Å². The van der Waals surface area contributed by atoms with Crippen molar-refractivity contribution in [1.82, 2.24) is 4.90 Å². The summed E-state index contributed by atoms with van der Waals surface area (Å²) in [6, 6.07) is 1.80. The van der Waals surface area contributed by atoms with Gasteiger partial charge in [0.1, 0.15) is 11.3 Å². The second-order valence-corrected chi connectivity index (χ2v) is 5.13. The van der Waals surface area contributed by atoms with Crippen LogP contribution in [0.15, 0.2) is 16.7 Å². The molecule has 112 valence electrons. The van der Waals surface area contributed by atoms with Crippen molar-refractivity contribution in [3.05, 3.63) is 23.7 Å². The number of aliphatic hydroxyl groups excluding tert-OH is 1. The highest BCUT2D eigenvalue weighted by atomic mass is 16.5. The van der Waals surface area contributed by atoms with Crippen molar-refractivity contribution in [3.63, 3.8) is 0 Å². The highest BCUT2D eigenvalue weighted by Crippen LogP contribution is 2.21. The van der Waals surface area contributed by atoms with Crippen LogP contribution in [0, 0.1) is 0 Å². The predicted molar refractivity (Wildman–Crippen MR) is 74.4 cm³/mol. The highest BCUT2D eigenvalue weighted by molar-refractivity contribution is 5.90. The average Bonchev–Trinajstić information content (AvgIpc) is 2.78. The van der Waals surface area contributed by atoms with Gasteiger partial charge >= 0.3 is 5.97 Å². The summed E-state index contributed by atoms with van der Waals surface area (Å²) in [5.74, 6) is 0.287. The number of hydrogen-bond acceptors (Lipinski definition) is 5. The van der Waals surface area contributed by atoms with E-state index < -0.39 is 0 Å². The Morgan fingerprint density at radius 3 is 3.10 bits per heavy atom. The molecular formula is C15H23NO4. The zero-order chi connectivity index (χ0) is 14.4. The summed E-state index contributed by atoms with van der Waals surface area (Å²) in [5, 5.41) is 9.51. The molecule has 1 saturated heterocycles. The Kier molecular flexibility index (Phi) is 5.61. The van der Waals surface area contributed by atoms with Crippen molar-refractivity contribution in [2.75, 3.05) is 19.8 Å². The van der Waals surface area contributed by atoms with E-state index in [0.29, 0.717) is 24.5 Å². The van der Waals surface area contributed by atoms with E-state index in [0.717, 1.165) is 25.8 Å². The van der Waals surface area contributed by atoms with Gasteiger partial charge in [0, 0.05) is 6.04 Å². The number of ether oxygens (including phenoxy) is 1. The van der Waals surface area contributed by atoms with Crippen LogP contribution in [0.1, 0.15) is 48.7 Å². The lowest BCUT2D eigenvalue weighted by atomic mass is 10.1. The molecule has 0 spiro atoms. The molecule has 0 saturated carbocycles. The molecule has 0 aliphatic carbocycles. The molecule has 1 unspecified atom stereocenters. The van der Waals surface area contributed by atoms with Gasteiger partial charge in [0.25, 0.3) is 0 Å². The van der Waals surface area contributed by atoms with Gasteiger partial charge in [-0.05, 0) is 32.4 Å². The quantitative estimate of drug-likeness (QED) is 0.838. The minimum absolute atomic E-state index is 0.148. The Bertz CT molecular complexity index is 429. The Morgan fingerprint density at radius 2 is 2.35 bits per heavy atom. The third-order valence-electron chi connectivity index (χ3n) is 3.80. The van der Waals surface area contributed by atoms with Crippen LogP contribution >= 0.6 is 0 Å². The van der Waals surface area contributed by atoms with E-state index in [1.54, 1.807) is 13.0 Å². The van der Waals surface area contributed by atoms with Crippen LogP contribution in [-0.4, -0.2) is 41.8 Å². The minimum Gasteiger partial charge on any atom is -0.467 e. The van der Waals surface area contributed by atoms with Crippen molar-refractivity contribution < 1.29 is 19.1 Å². The topological polar surface area (TPSA) is 62.9 Å². The summed E-state index contributed by atoms with van der Waals surface area (Å²) in [6.07, 6.45) is 5.96. The van der Waals surface area contributed by atoms with E-state index in [9.17, 15) is 9.90 Å². The molecular weight excluding hydrogens is 258 g/mol. The average molecular weight is 281 g/mol. The third kappa shape index (κ3) is 3.61. The third-order valence-corrected chi connectivity index (χ3v) is 3.80. The maximum Gasteiger partial charge on any atom is 0.341 e. The molecule has 1 atom stereocenters. The molecule has 2 rings (SSSR count). The van der Waals surface area contributed by atoms with Crippen LogP contribution in [0.5, 0.6) is 0 Å². The van der Waals surface area contributed by atoms with Gasteiger partial charge in [0.15, 0.2) is 0 Å². The van der Waals surface area contributed by atoms with Crippen LogP contribution in [0.25, 0.3) is 0 Å². The molecule has 5 heteroatoms. The number of rotatable bonds is 5. The summed E-state index contributed by atoms with van der Waals surface area (Å²) in [4.78, 5) is 14.0. The molecule has 1 aromatic rings. The van der Waals surface area contributed by atoms with Crippen LogP contribution in [0.3, 0.4) is 0 Å². The SMILES string of the molecule is CCOC(=O)c1ccoc1CN1CCCCCC1CO. The van der Waals surface area contributed by atoms with Gasteiger partial charge in [-0.3, -0.25) is 4.90 Å². The van der Waals surface area contributed by atoms with Crippen molar-refractivity contribution in [2.45, 2.75) is 45.2 Å². The first-order valence-electron chi connectivity index (χ1n) is 7.34. The molecule has 1 aliphatic rings. The van der Waals surface area contributed by atoms with Crippen molar-refractivity contribution in [2.24, 2.45) is 0 Å². The summed E-state index contributed by atoms with van der Waals surface area (Å²) in [6.45, 7) is 3.76. The van der Waals surface area contributed by atoms with Crippen LogP contribution in [-0.2, 0) is 11.3 Å². The molecule has 0 aromatic carbocycles. The largest absolute Gasteiger partial charge is 0.467 e. The maximum atomic E-state index is 11.8. The van der Waals surface area contributed by atoms with Crippen LogP contribution < -0.4 is 0 Å². The monoisotopic (exact) mass is 281 g/mol. The van der Waals surface area contributed by atoms with Crippen molar-refractivity contribution in [1.29, 1.82) is 0 Å². The van der Waals surface area contributed by atoms with E-state index in [1.807, 2.05) is 0 Å². The van der Waals surface area contributed by atoms with E-state index in [2.05, 4.69) is 4.90 Å². The lowest BCUT2D eigenvalue weighted by Crippen LogP contribution is -2.37. The molecule has 2 heterocycles. The van der Waals surface area contributed by atoms with Gasteiger partial charge in [-0.1, -0.05) is 12.8 Å². The fraction of sp³-hybridized carbons (Fsp3) is 0.667. The first kappa shape index (κ1) is 15.1. The molecule has 0 radical (unpaired) electrons. The van der Waals surface area contributed by atoms with Gasteiger partial charge in [-0.15, -0.1) is 0 Å². The number of carbonyl (C=O) groups is 1. The Morgan fingerprint density at radius 1 is 1.50 bits per heavy atom. The molecule has 1 fully saturated rings. The number of aliphatic hydroxyl groups is 1. The fourth-order valence-corrected chi connectivity index (χ4v) is 2.69. The smallest absolute Gasteiger partial charge is 0.341 e. The Balaban J connectivity index is 2.08. The predicted octanol–water partition coefficient (Wildman–Crippen LogP) is 2.19. The zero-order valence-electron chi connectivity index (χ0n) is 12.0. The van der Waals surface area contributed by atoms with Crippen molar-refractivity contribution in [3.8, 4) is 0 Å². The van der Waals surface area contributed by atoms with Crippen molar-refractivity contribution >= 4 is 5.97 Å². The van der Waals surface area contributed by atoms with E-state index in [1.165, 1.54) is 12.7 Å². The second kappa shape index (κ2) is 7.45. The number of hydrogen-bond donors (Lipinski definition) is 1. The van der Waals surface area contributed by atoms with Gasteiger partial charge in [-0.2, -0.15) is 0 Å². The standard InChI is InChI=1S/C15H23NO4/c1-2-19-15(18)13-7-9-20-14(13)10-16-8-5-3-4-6-12(16)11-17/h7,9,12,17H,2-6,8,10-11H2,1H3. The normalized spacial score (nSPS) is 20.6. The highest BCUT2D eigenvalue weighted by Gasteiger charge is 2.24. The number of esters is 1. The first-order valence-corrected chi connectivity index (χ1v) is 7.34. The lowest BCUT2D eigenvalue weighted by molar-refractivity contribution is 0.0519. The summed E-state index contributed by atoms with van der Waals surface area (Å²) in [5.41, 5.74) is 0.493. The Hall–Kier alpha value is -1.33. The lowest BCUT2D eigenvalue weighted by Gasteiger charge is -2.27. The van der Waals surface area contributed by atoms with Gasteiger partial charge in [0.2, 0.25) is 0 Å². The maximum absolute atomic E-state index is 11.8. The number of nitrogens with zero attached hydrogens (tertiary/aromatic N) is 1. The fourth-order valence-electron chi connectivity index (χ4n) is 2.69. The number of furan rings is 1. The minimum atomic E-state index is -0.341. The molecule has 5 nitrogen and oxygen atoms in total. The second-order valence-electron chi connectivity index (χ2n) is 5.13. The van der Waals surface area contributed by atoms with Gasteiger partial charge < -0.3 is 14.3 Å². The van der Waals surface area contributed by atoms with E-state index in [4.69, 9.17) is 9.15 Å².